The third kappa shape index (κ3) is 9.23. The zero-order valence-electron chi connectivity index (χ0n) is 28.1. The van der Waals surface area contributed by atoms with Gasteiger partial charge in [0.15, 0.2) is 0 Å². The molecule has 2 bridgehead atoms. The van der Waals surface area contributed by atoms with Gasteiger partial charge in [0.2, 0.25) is 23.6 Å². The molecule has 2 saturated heterocycles. The molecule has 6 atom stereocenters. The average Bonchev–Trinajstić information content (AvgIpc) is 3.81. The van der Waals surface area contributed by atoms with Gasteiger partial charge < -0.3 is 40.5 Å². The first-order valence-corrected chi connectivity index (χ1v) is 18.6. The first-order chi connectivity index (χ1) is 23.9. The summed E-state index contributed by atoms with van der Waals surface area (Å²) in [6, 6.07) is -2.03. The van der Waals surface area contributed by atoms with E-state index in [2.05, 4.69) is 26.3 Å². The predicted molar refractivity (Wildman–Crippen MR) is 180 cm³/mol. The van der Waals surface area contributed by atoms with Crippen LogP contribution in [0.2, 0.25) is 0 Å². The zero-order chi connectivity index (χ0) is 36.5. The van der Waals surface area contributed by atoms with Crippen LogP contribution in [0.15, 0.2) is 18.2 Å². The molecular weight excluding hydrogens is 695 g/mol. The van der Waals surface area contributed by atoms with Gasteiger partial charge in [-0.25, -0.2) is 14.6 Å². The molecule has 17 nitrogen and oxygen atoms in total. The maximum Gasteiger partial charge on any atom is 0.329 e. The van der Waals surface area contributed by atoms with E-state index in [1.54, 1.807) is 0 Å². The number of methoxy groups -OCH3 is 2. The quantitative estimate of drug-likeness (QED) is 0.212. The second kappa shape index (κ2) is 17.5. The van der Waals surface area contributed by atoms with Crippen LogP contribution < -0.4 is 21.3 Å². The highest BCUT2D eigenvalue weighted by atomic mass is 33.1. The van der Waals surface area contributed by atoms with Crippen LogP contribution in [0.3, 0.4) is 0 Å². The molecule has 0 radical (unpaired) electrons. The minimum Gasteiger partial charge on any atom is -0.467 e. The van der Waals surface area contributed by atoms with E-state index in [0.717, 1.165) is 21.6 Å². The SMILES string of the molecule is COC(=O)C1CSSC[C@@H](C(=O)OC)NC(=O)[C@@H]2CCCN2C(=O)[C@H](C)NC(=O)c2cccc(n2)C(=O)N[C@@H](C)C(=O)N2CCC[C@H]2C(=O)N1. The third-order valence-electron chi connectivity index (χ3n) is 8.48. The van der Waals surface area contributed by atoms with Crippen LogP contribution in [0.5, 0.6) is 0 Å². The Bertz CT molecular complexity index is 1410. The van der Waals surface area contributed by atoms with E-state index in [4.69, 9.17) is 9.47 Å². The van der Waals surface area contributed by atoms with Gasteiger partial charge in [0.05, 0.1) is 14.2 Å². The van der Waals surface area contributed by atoms with Gasteiger partial charge in [-0.2, -0.15) is 0 Å². The highest BCUT2D eigenvalue weighted by molar-refractivity contribution is 8.76. The molecule has 2 fully saturated rings. The van der Waals surface area contributed by atoms with Crippen LogP contribution in [0, 0.1) is 0 Å². The standard InChI is InChI=1S/C31H41N7O10S2/c1-16-28(43)37-12-6-10-22(37)26(41)35-20(30(45)47-3)14-49-50-15-21(31(46)48-4)36-27(42)23-11-7-13-38(23)29(44)17(2)33-25(40)19-9-5-8-18(34-19)24(39)32-16/h5,8-9,16-17,20-23H,6-7,10-15H2,1-4H3,(H,32,39)(H,33,40)(H,35,41)(H,36,42)/t16-,17-,20-,21?,22-,23-/m0/s1. The number of aromatic nitrogens is 1. The minimum absolute atomic E-state index is 0.0264. The summed E-state index contributed by atoms with van der Waals surface area (Å²) in [5, 5.41) is 10.4. The van der Waals surface area contributed by atoms with Crippen molar-refractivity contribution in [2.75, 3.05) is 38.8 Å². The van der Waals surface area contributed by atoms with E-state index in [-0.39, 0.29) is 36.0 Å². The number of fused-ring (bicyclic) bond motifs is 4. The number of pyridine rings is 1. The fourth-order valence-corrected chi connectivity index (χ4v) is 8.14. The molecule has 4 rings (SSSR count). The van der Waals surface area contributed by atoms with Crippen LogP contribution in [0.25, 0.3) is 0 Å². The molecular formula is C31H41N7O10S2. The number of esters is 2. The first kappa shape index (κ1) is 38.4. The Labute approximate surface area is 296 Å². The maximum atomic E-state index is 13.4. The monoisotopic (exact) mass is 735 g/mol. The normalized spacial score (nSPS) is 27.8. The van der Waals surface area contributed by atoms with Gasteiger partial charge in [-0.1, -0.05) is 27.7 Å². The Kier molecular flexibility index (Phi) is 13.5. The van der Waals surface area contributed by atoms with Crippen LogP contribution >= 0.6 is 21.6 Å². The molecule has 0 spiro atoms. The Morgan fingerprint density at radius 3 is 1.48 bits per heavy atom. The summed E-state index contributed by atoms with van der Waals surface area (Å²) in [6.45, 7) is 3.41. The van der Waals surface area contributed by atoms with Crippen molar-refractivity contribution in [3.05, 3.63) is 29.6 Å². The lowest BCUT2D eigenvalue weighted by Gasteiger charge is -2.28. The average molecular weight is 736 g/mol. The van der Waals surface area contributed by atoms with Crippen molar-refractivity contribution in [1.29, 1.82) is 0 Å². The number of hydrogen-bond donors (Lipinski definition) is 4. The number of nitrogens with zero attached hydrogens (tertiary/aromatic N) is 3. The number of rotatable bonds is 2. The number of nitrogens with one attached hydrogen (secondary N) is 4. The molecule has 272 valence electrons. The second-order valence-corrected chi connectivity index (χ2v) is 14.5. The number of amides is 6. The third-order valence-corrected chi connectivity index (χ3v) is 10.9. The van der Waals surface area contributed by atoms with Crippen molar-refractivity contribution < 1.29 is 47.8 Å². The van der Waals surface area contributed by atoms with Gasteiger partial charge in [-0.15, -0.1) is 0 Å². The van der Waals surface area contributed by atoms with Crippen molar-refractivity contribution in [3.8, 4) is 0 Å². The maximum absolute atomic E-state index is 13.4. The summed E-state index contributed by atoms with van der Waals surface area (Å²) < 4.78 is 9.77. The minimum atomic E-state index is -1.10. The number of hydrogen-bond acceptors (Lipinski definition) is 13. The molecule has 1 unspecified atom stereocenters. The largest absolute Gasteiger partial charge is 0.467 e. The van der Waals surface area contributed by atoms with Crippen molar-refractivity contribution in [1.82, 2.24) is 36.1 Å². The molecule has 1 aromatic heterocycles. The van der Waals surface area contributed by atoms with E-state index in [9.17, 15) is 38.4 Å². The van der Waals surface area contributed by atoms with Crippen molar-refractivity contribution in [3.63, 3.8) is 0 Å². The topological polar surface area (TPSA) is 223 Å². The molecule has 3 aliphatic heterocycles. The smallest absolute Gasteiger partial charge is 0.329 e. The second-order valence-electron chi connectivity index (χ2n) is 11.9. The summed E-state index contributed by atoms with van der Waals surface area (Å²) in [5.74, 6) is -5.09. The fraction of sp³-hybridized carbons (Fsp3) is 0.581. The van der Waals surface area contributed by atoms with Gasteiger partial charge in [0.1, 0.15) is 47.6 Å². The molecule has 1 aromatic rings. The molecule has 0 aliphatic carbocycles. The Morgan fingerprint density at radius 1 is 0.700 bits per heavy atom. The molecule has 3 aliphatic rings. The molecule has 19 heteroatoms. The zero-order valence-corrected chi connectivity index (χ0v) is 29.7. The van der Waals surface area contributed by atoms with E-state index < -0.39 is 83.6 Å². The summed E-state index contributed by atoms with van der Waals surface area (Å²) in [6.07, 6.45) is 1.67. The molecule has 0 aromatic carbocycles. The number of carbonyl (C=O) groups excluding carboxylic acids is 8. The summed E-state index contributed by atoms with van der Waals surface area (Å²) in [4.78, 5) is 112. The van der Waals surface area contributed by atoms with E-state index in [1.807, 2.05) is 0 Å². The van der Waals surface area contributed by atoms with Gasteiger partial charge in [-0.3, -0.25) is 28.8 Å². The van der Waals surface area contributed by atoms with E-state index >= 15 is 0 Å². The van der Waals surface area contributed by atoms with Gasteiger partial charge in [-0.05, 0) is 51.7 Å². The molecule has 4 N–H and O–H groups in total. The van der Waals surface area contributed by atoms with Gasteiger partial charge in [0.25, 0.3) is 11.8 Å². The predicted octanol–water partition coefficient (Wildman–Crippen LogP) is -0.989. The first-order valence-electron chi connectivity index (χ1n) is 16.1. The van der Waals surface area contributed by atoms with Crippen molar-refractivity contribution in [2.45, 2.75) is 75.8 Å². The fourth-order valence-electron chi connectivity index (χ4n) is 5.85. The number of ether oxygens (including phenoxy) is 2. The molecule has 6 amide bonds. The summed E-state index contributed by atoms with van der Waals surface area (Å²) in [7, 11) is 4.63. The van der Waals surface area contributed by atoms with Gasteiger partial charge in [0, 0.05) is 24.6 Å². The highest BCUT2D eigenvalue weighted by Crippen LogP contribution is 2.25. The summed E-state index contributed by atoms with van der Waals surface area (Å²) in [5.41, 5.74) is -0.324. The van der Waals surface area contributed by atoms with E-state index in [0.29, 0.717) is 25.7 Å². The van der Waals surface area contributed by atoms with Crippen LogP contribution in [0.4, 0.5) is 0 Å². The lowest BCUT2D eigenvalue weighted by atomic mass is 10.1. The molecule has 50 heavy (non-hydrogen) atoms. The van der Waals surface area contributed by atoms with E-state index in [1.165, 1.54) is 56.1 Å². The van der Waals surface area contributed by atoms with Crippen molar-refractivity contribution in [2.24, 2.45) is 0 Å². The van der Waals surface area contributed by atoms with Crippen molar-refractivity contribution >= 4 is 69.0 Å². The Morgan fingerprint density at radius 2 is 1.10 bits per heavy atom. The lowest BCUT2D eigenvalue weighted by molar-refractivity contribution is -0.146. The highest BCUT2D eigenvalue weighted by Gasteiger charge is 2.40. The van der Waals surface area contributed by atoms with Crippen LogP contribution in [-0.2, 0) is 38.2 Å². The Hall–Kier alpha value is -4.39. The lowest BCUT2D eigenvalue weighted by Crippen LogP contribution is -2.55. The Balaban J connectivity index is 1.61. The molecule has 0 saturated carbocycles. The van der Waals surface area contributed by atoms with Crippen LogP contribution in [0.1, 0.15) is 60.5 Å². The van der Waals surface area contributed by atoms with Crippen LogP contribution in [-0.4, -0.2) is 137 Å². The summed E-state index contributed by atoms with van der Waals surface area (Å²) >= 11 is 0. The number of carbonyl (C=O) groups is 8. The molecule has 4 heterocycles. The van der Waals surface area contributed by atoms with Gasteiger partial charge >= 0.3 is 11.9 Å².